The molecular weight excluding hydrogens is 250 g/mol. The second kappa shape index (κ2) is 5.86. The monoisotopic (exact) mass is 269 g/mol. The van der Waals surface area contributed by atoms with Gasteiger partial charge in [-0.25, -0.2) is 0 Å². The van der Waals surface area contributed by atoms with Crippen LogP contribution in [0.15, 0.2) is 16.6 Å². The molecule has 0 aliphatic heterocycles. The molecule has 0 atom stereocenters. The maximum absolute atomic E-state index is 12.0. The van der Waals surface area contributed by atoms with Crippen LogP contribution < -0.4 is 11.1 Å². The number of rotatable bonds is 5. The number of carbonyl (C=O) groups excluding carboxylic acids is 1. The van der Waals surface area contributed by atoms with E-state index in [1.807, 2.05) is 5.38 Å². The lowest BCUT2D eigenvalue weighted by atomic mass is 9.91. The first kappa shape index (κ1) is 14.5. The average molecular weight is 269 g/mol. The third-order valence-electron chi connectivity index (χ3n) is 2.94. The molecule has 0 bridgehead atoms. The Hall–Kier alpha value is -1.56. The summed E-state index contributed by atoms with van der Waals surface area (Å²) in [5.74, 6) is -0.352. The van der Waals surface area contributed by atoms with Gasteiger partial charge in [0.05, 0.1) is 6.54 Å². The topological polar surface area (TPSA) is 87.7 Å². The summed E-state index contributed by atoms with van der Waals surface area (Å²) >= 11 is 1.62. The van der Waals surface area contributed by atoms with Crippen LogP contribution in [0.3, 0.4) is 0 Å². The van der Waals surface area contributed by atoms with E-state index in [0.717, 1.165) is 11.3 Å². The first-order valence-corrected chi connectivity index (χ1v) is 6.63. The quantitative estimate of drug-likeness (QED) is 0.329. The van der Waals surface area contributed by atoms with E-state index in [1.54, 1.807) is 25.2 Å². The van der Waals surface area contributed by atoms with Gasteiger partial charge in [0.1, 0.15) is 5.41 Å². The van der Waals surface area contributed by atoms with Crippen LogP contribution in [0.5, 0.6) is 0 Å². The van der Waals surface area contributed by atoms with Gasteiger partial charge in [-0.15, -0.1) is 11.3 Å². The van der Waals surface area contributed by atoms with Gasteiger partial charge in [-0.1, -0.05) is 12.1 Å². The fourth-order valence-electron chi connectivity index (χ4n) is 1.46. The Morgan fingerprint density at radius 1 is 1.61 bits per heavy atom. The molecule has 0 radical (unpaired) electrons. The molecule has 1 aromatic heterocycles. The second-order valence-electron chi connectivity index (χ2n) is 4.52. The Labute approximate surface area is 111 Å². The van der Waals surface area contributed by atoms with Crippen LogP contribution in [-0.4, -0.2) is 17.0 Å². The van der Waals surface area contributed by atoms with Gasteiger partial charge in [-0.2, -0.15) is 0 Å². The molecule has 0 spiro atoms. The van der Waals surface area contributed by atoms with Gasteiger partial charge in [0, 0.05) is 4.88 Å². The van der Waals surface area contributed by atoms with E-state index in [0.29, 0.717) is 6.54 Å². The molecule has 1 amide bonds. The van der Waals surface area contributed by atoms with Gasteiger partial charge in [0.15, 0.2) is 5.84 Å². The molecule has 0 unspecified atom stereocenters. The van der Waals surface area contributed by atoms with Crippen molar-refractivity contribution in [2.24, 2.45) is 16.3 Å². The van der Waals surface area contributed by atoms with Gasteiger partial charge >= 0.3 is 0 Å². The van der Waals surface area contributed by atoms with Crippen molar-refractivity contribution in [3.05, 3.63) is 21.9 Å². The van der Waals surface area contributed by atoms with Crippen LogP contribution in [0.1, 0.15) is 31.2 Å². The number of aryl methyl sites for hydroxylation is 1. The van der Waals surface area contributed by atoms with E-state index in [9.17, 15) is 4.79 Å². The summed E-state index contributed by atoms with van der Waals surface area (Å²) in [6.45, 7) is 5.79. The third kappa shape index (κ3) is 3.01. The Morgan fingerprint density at radius 2 is 2.28 bits per heavy atom. The molecular formula is C12H19N3O2S. The lowest BCUT2D eigenvalue weighted by Crippen LogP contribution is -2.45. The zero-order valence-electron chi connectivity index (χ0n) is 10.9. The lowest BCUT2D eigenvalue weighted by Gasteiger charge is -2.21. The van der Waals surface area contributed by atoms with Gasteiger partial charge in [0.25, 0.3) is 0 Å². The van der Waals surface area contributed by atoms with Crippen molar-refractivity contribution in [1.29, 1.82) is 0 Å². The highest BCUT2D eigenvalue weighted by Gasteiger charge is 2.32. The lowest BCUT2D eigenvalue weighted by molar-refractivity contribution is -0.126. The maximum Gasteiger partial charge on any atom is 0.233 e. The van der Waals surface area contributed by atoms with Crippen LogP contribution in [0.25, 0.3) is 0 Å². The first-order valence-electron chi connectivity index (χ1n) is 5.75. The fraction of sp³-hybridized carbons (Fsp3) is 0.500. The molecule has 0 saturated heterocycles. The predicted molar refractivity (Wildman–Crippen MR) is 72.7 cm³/mol. The molecule has 100 valence electrons. The number of hydrogen-bond donors (Lipinski definition) is 3. The number of amides is 1. The van der Waals surface area contributed by atoms with Crippen LogP contribution in [0.4, 0.5) is 0 Å². The normalized spacial score (nSPS) is 12.5. The molecule has 1 rings (SSSR count). The number of thiophene rings is 1. The highest BCUT2D eigenvalue weighted by Crippen LogP contribution is 2.19. The molecule has 1 aromatic rings. The number of carbonyl (C=O) groups is 1. The summed E-state index contributed by atoms with van der Waals surface area (Å²) in [5, 5.41) is 16.4. The van der Waals surface area contributed by atoms with Crippen LogP contribution in [0, 0.1) is 5.41 Å². The average Bonchev–Trinajstić information content (AvgIpc) is 2.81. The molecule has 6 heteroatoms. The van der Waals surface area contributed by atoms with Crippen molar-refractivity contribution in [2.45, 2.75) is 33.7 Å². The Balaban J connectivity index is 2.67. The number of oxime groups is 1. The molecule has 0 fully saturated rings. The van der Waals surface area contributed by atoms with E-state index < -0.39 is 5.41 Å². The maximum atomic E-state index is 12.0. The molecule has 1 heterocycles. The first-order chi connectivity index (χ1) is 8.43. The molecule has 0 saturated carbocycles. The van der Waals surface area contributed by atoms with Gasteiger partial charge in [-0.05, 0) is 37.3 Å². The van der Waals surface area contributed by atoms with E-state index in [4.69, 9.17) is 10.9 Å². The van der Waals surface area contributed by atoms with Crippen molar-refractivity contribution in [1.82, 2.24) is 5.32 Å². The van der Waals surface area contributed by atoms with E-state index in [2.05, 4.69) is 23.5 Å². The highest BCUT2D eigenvalue weighted by atomic mass is 32.1. The van der Waals surface area contributed by atoms with Gasteiger partial charge in [0.2, 0.25) is 5.91 Å². The minimum Gasteiger partial charge on any atom is -0.409 e. The Bertz CT molecular complexity index is 452. The zero-order chi connectivity index (χ0) is 13.8. The van der Waals surface area contributed by atoms with Gasteiger partial charge in [-0.3, -0.25) is 4.79 Å². The second-order valence-corrected chi connectivity index (χ2v) is 5.52. The molecule has 4 N–H and O–H groups in total. The SMILES string of the molecule is CCc1ccsc1CNC(=O)C(C)(C)C(N)=NO. The van der Waals surface area contributed by atoms with Crippen molar-refractivity contribution >= 4 is 23.1 Å². The molecule has 5 nitrogen and oxygen atoms in total. The molecule has 0 aliphatic rings. The smallest absolute Gasteiger partial charge is 0.233 e. The largest absolute Gasteiger partial charge is 0.409 e. The summed E-state index contributed by atoms with van der Waals surface area (Å²) in [4.78, 5) is 13.1. The third-order valence-corrected chi connectivity index (χ3v) is 3.91. The van der Waals surface area contributed by atoms with Crippen LogP contribution >= 0.6 is 11.3 Å². The summed E-state index contributed by atoms with van der Waals surface area (Å²) in [6.07, 6.45) is 0.943. The zero-order valence-corrected chi connectivity index (χ0v) is 11.7. The highest BCUT2D eigenvalue weighted by molar-refractivity contribution is 7.10. The van der Waals surface area contributed by atoms with Crippen LogP contribution in [-0.2, 0) is 17.8 Å². The van der Waals surface area contributed by atoms with E-state index >= 15 is 0 Å². The minimum atomic E-state index is -1.02. The molecule has 0 aliphatic carbocycles. The van der Waals surface area contributed by atoms with Crippen molar-refractivity contribution < 1.29 is 10.0 Å². The number of amidine groups is 1. The van der Waals surface area contributed by atoms with Crippen molar-refractivity contribution in [3.63, 3.8) is 0 Å². The number of nitrogens with two attached hydrogens (primary N) is 1. The van der Waals surface area contributed by atoms with Gasteiger partial charge < -0.3 is 16.3 Å². The van der Waals surface area contributed by atoms with E-state index in [1.165, 1.54) is 5.56 Å². The fourth-order valence-corrected chi connectivity index (χ4v) is 2.38. The van der Waals surface area contributed by atoms with E-state index in [-0.39, 0.29) is 11.7 Å². The number of nitrogens with one attached hydrogen (secondary N) is 1. The summed E-state index contributed by atoms with van der Waals surface area (Å²) in [5.41, 5.74) is 5.72. The summed E-state index contributed by atoms with van der Waals surface area (Å²) < 4.78 is 0. The standard InChI is InChI=1S/C12H19N3O2S/c1-4-8-5-6-18-9(8)7-14-11(16)12(2,3)10(13)15-17/h5-6,17H,4,7H2,1-3H3,(H2,13,15)(H,14,16). The number of nitrogens with zero attached hydrogens (tertiary/aromatic N) is 1. The number of hydrogen-bond acceptors (Lipinski definition) is 4. The van der Waals surface area contributed by atoms with Crippen LogP contribution in [0.2, 0.25) is 0 Å². The van der Waals surface area contributed by atoms with Crippen molar-refractivity contribution in [3.8, 4) is 0 Å². The summed E-state index contributed by atoms with van der Waals surface area (Å²) in [7, 11) is 0. The summed E-state index contributed by atoms with van der Waals surface area (Å²) in [6, 6.07) is 2.06. The Kier molecular flexibility index (Phi) is 4.72. The predicted octanol–water partition coefficient (Wildman–Crippen LogP) is 1.70. The Morgan fingerprint density at radius 3 is 2.83 bits per heavy atom. The molecule has 18 heavy (non-hydrogen) atoms. The molecule has 0 aromatic carbocycles. The minimum absolute atomic E-state index is 0.0955. The van der Waals surface area contributed by atoms with Crippen molar-refractivity contribution in [2.75, 3.05) is 0 Å².